The molecule has 0 bridgehead atoms. The Balaban J connectivity index is 1.72. The molecule has 3 heterocycles. The molecule has 7 heteroatoms. The molecule has 7 nitrogen and oxygen atoms in total. The molecule has 2 aliphatic rings. The summed E-state index contributed by atoms with van der Waals surface area (Å²) in [5.41, 5.74) is 4.15. The maximum Gasteiger partial charge on any atom is 0.229 e. The van der Waals surface area contributed by atoms with Crippen LogP contribution in [0.1, 0.15) is 24.1 Å². The van der Waals surface area contributed by atoms with Crippen LogP contribution in [0.25, 0.3) is 5.57 Å². The Bertz CT molecular complexity index is 866. The summed E-state index contributed by atoms with van der Waals surface area (Å²) in [7, 11) is 1.85. The Morgan fingerprint density at radius 3 is 2.89 bits per heavy atom. The minimum atomic E-state index is 0.554. The lowest BCUT2D eigenvalue weighted by Crippen LogP contribution is -2.17. The van der Waals surface area contributed by atoms with Crippen LogP contribution in [-0.2, 0) is 0 Å². The molecule has 0 atom stereocenters. The van der Waals surface area contributed by atoms with Crippen molar-refractivity contribution in [2.24, 2.45) is 0 Å². The minimum absolute atomic E-state index is 0.554. The highest BCUT2D eigenvalue weighted by molar-refractivity contribution is 5.78. The molecular formula is C20H25N5O2. The van der Waals surface area contributed by atoms with E-state index < -0.39 is 0 Å². The van der Waals surface area contributed by atoms with Gasteiger partial charge >= 0.3 is 0 Å². The molecule has 2 aromatic rings. The van der Waals surface area contributed by atoms with Gasteiger partial charge in [0.2, 0.25) is 5.95 Å². The van der Waals surface area contributed by atoms with Crippen LogP contribution in [0.15, 0.2) is 24.3 Å². The van der Waals surface area contributed by atoms with Gasteiger partial charge < -0.3 is 25.4 Å². The van der Waals surface area contributed by atoms with Gasteiger partial charge in [0.05, 0.1) is 0 Å². The van der Waals surface area contributed by atoms with Crippen LogP contribution in [0, 0.1) is 6.92 Å². The Labute approximate surface area is 159 Å². The summed E-state index contributed by atoms with van der Waals surface area (Å²) in [5, 5.41) is 9.80. The number of rotatable bonds is 4. The highest BCUT2D eigenvalue weighted by Crippen LogP contribution is 2.42. The first-order valence-electron chi connectivity index (χ1n) is 9.37. The van der Waals surface area contributed by atoms with Crippen molar-refractivity contribution < 1.29 is 9.47 Å². The van der Waals surface area contributed by atoms with E-state index in [0.717, 1.165) is 60.2 Å². The number of aromatic nitrogens is 2. The summed E-state index contributed by atoms with van der Waals surface area (Å²) in [4.78, 5) is 8.97. The predicted octanol–water partition coefficient (Wildman–Crippen LogP) is 3.11. The zero-order chi connectivity index (χ0) is 18.6. The van der Waals surface area contributed by atoms with E-state index >= 15 is 0 Å². The molecule has 0 radical (unpaired) electrons. The molecule has 142 valence electrons. The lowest BCUT2D eigenvalue weighted by Gasteiger charge is -2.23. The Morgan fingerprint density at radius 2 is 2.00 bits per heavy atom. The third-order valence-electron chi connectivity index (χ3n) is 4.65. The third-order valence-corrected chi connectivity index (χ3v) is 4.65. The fourth-order valence-electron chi connectivity index (χ4n) is 3.39. The van der Waals surface area contributed by atoms with E-state index in [1.807, 2.05) is 26.1 Å². The summed E-state index contributed by atoms with van der Waals surface area (Å²) in [5.74, 6) is 2.93. The van der Waals surface area contributed by atoms with E-state index in [-0.39, 0.29) is 0 Å². The Kier molecular flexibility index (Phi) is 5.11. The van der Waals surface area contributed by atoms with Crippen LogP contribution < -0.4 is 25.4 Å². The Morgan fingerprint density at radius 1 is 1.11 bits per heavy atom. The monoisotopic (exact) mass is 367 g/mol. The Hall–Kier alpha value is -2.80. The van der Waals surface area contributed by atoms with Crippen molar-refractivity contribution >= 4 is 23.0 Å². The molecule has 4 rings (SSSR count). The second-order valence-corrected chi connectivity index (χ2v) is 6.68. The first kappa shape index (κ1) is 17.6. The number of nitrogens with zero attached hydrogens (tertiary/aromatic N) is 2. The van der Waals surface area contributed by atoms with Crippen molar-refractivity contribution in [3.8, 4) is 11.5 Å². The minimum Gasteiger partial charge on any atom is -0.486 e. The SMILES string of the molecule is CNc1cc(C)nc(Nc2cc3c(c(C4=CCNCCC4)c2)OCCO3)n1. The van der Waals surface area contributed by atoms with E-state index in [1.165, 1.54) is 5.57 Å². The highest BCUT2D eigenvalue weighted by atomic mass is 16.6. The topological polar surface area (TPSA) is 80.3 Å². The van der Waals surface area contributed by atoms with Crippen molar-refractivity contribution in [2.45, 2.75) is 19.8 Å². The summed E-state index contributed by atoms with van der Waals surface area (Å²) >= 11 is 0. The third kappa shape index (κ3) is 3.98. The van der Waals surface area contributed by atoms with Gasteiger partial charge in [-0.2, -0.15) is 4.98 Å². The van der Waals surface area contributed by atoms with Gasteiger partial charge in [0.25, 0.3) is 0 Å². The smallest absolute Gasteiger partial charge is 0.229 e. The van der Waals surface area contributed by atoms with Crippen molar-refractivity contribution in [1.29, 1.82) is 0 Å². The maximum atomic E-state index is 5.95. The quantitative estimate of drug-likeness (QED) is 0.766. The first-order valence-corrected chi connectivity index (χ1v) is 9.37. The van der Waals surface area contributed by atoms with Crippen LogP contribution in [0.2, 0.25) is 0 Å². The number of nitrogens with one attached hydrogen (secondary N) is 3. The lowest BCUT2D eigenvalue weighted by molar-refractivity contribution is 0.171. The predicted molar refractivity (Wildman–Crippen MR) is 107 cm³/mol. The number of hydrogen-bond acceptors (Lipinski definition) is 7. The number of anilines is 3. The fourth-order valence-corrected chi connectivity index (χ4v) is 3.39. The average molecular weight is 367 g/mol. The molecule has 0 unspecified atom stereocenters. The van der Waals surface area contributed by atoms with Gasteiger partial charge in [0, 0.05) is 42.7 Å². The maximum absolute atomic E-state index is 5.95. The molecule has 0 saturated heterocycles. The van der Waals surface area contributed by atoms with Crippen LogP contribution in [0.3, 0.4) is 0 Å². The van der Waals surface area contributed by atoms with E-state index in [4.69, 9.17) is 9.47 Å². The number of allylic oxidation sites excluding steroid dienone is 1. The van der Waals surface area contributed by atoms with E-state index in [9.17, 15) is 0 Å². The molecule has 1 aromatic carbocycles. The fraction of sp³-hybridized carbons (Fsp3) is 0.400. The number of hydrogen-bond donors (Lipinski definition) is 3. The zero-order valence-corrected chi connectivity index (χ0v) is 15.8. The van der Waals surface area contributed by atoms with Gasteiger partial charge in [0.1, 0.15) is 19.0 Å². The van der Waals surface area contributed by atoms with E-state index in [2.05, 4.69) is 38.1 Å². The molecule has 0 saturated carbocycles. The van der Waals surface area contributed by atoms with Gasteiger partial charge in [-0.1, -0.05) is 6.08 Å². The van der Waals surface area contributed by atoms with Crippen molar-refractivity contribution in [3.63, 3.8) is 0 Å². The van der Waals surface area contributed by atoms with Crippen LogP contribution >= 0.6 is 0 Å². The van der Waals surface area contributed by atoms with Gasteiger partial charge in [-0.3, -0.25) is 0 Å². The van der Waals surface area contributed by atoms with Gasteiger partial charge in [-0.15, -0.1) is 0 Å². The number of benzene rings is 1. The summed E-state index contributed by atoms with van der Waals surface area (Å²) in [6, 6.07) is 5.97. The van der Waals surface area contributed by atoms with Crippen molar-refractivity contribution in [3.05, 3.63) is 35.5 Å². The molecular weight excluding hydrogens is 342 g/mol. The second-order valence-electron chi connectivity index (χ2n) is 6.68. The standard InChI is InChI=1S/C20H25N5O2/c1-13-10-18(21-2)25-20(23-13)24-15-11-16(14-4-3-6-22-7-5-14)19-17(12-15)26-8-9-27-19/h5,10-12,22H,3-4,6-9H2,1-2H3,(H2,21,23,24,25). The molecule has 27 heavy (non-hydrogen) atoms. The van der Waals surface area contributed by atoms with E-state index in [1.54, 1.807) is 0 Å². The molecule has 1 aromatic heterocycles. The van der Waals surface area contributed by atoms with Gasteiger partial charge in [0.15, 0.2) is 11.5 Å². The molecule has 2 aliphatic heterocycles. The van der Waals surface area contributed by atoms with Gasteiger partial charge in [-0.05, 0) is 37.9 Å². The lowest BCUT2D eigenvalue weighted by atomic mass is 9.98. The summed E-state index contributed by atoms with van der Waals surface area (Å²) in [6.07, 6.45) is 4.36. The molecule has 0 aliphatic carbocycles. The molecule has 0 amide bonds. The highest BCUT2D eigenvalue weighted by Gasteiger charge is 2.21. The molecule has 3 N–H and O–H groups in total. The van der Waals surface area contributed by atoms with Crippen molar-refractivity contribution in [2.75, 3.05) is 44.0 Å². The normalized spacial score (nSPS) is 16.3. The number of ether oxygens (including phenoxy) is 2. The summed E-state index contributed by atoms with van der Waals surface area (Å²) in [6.45, 7) is 4.98. The van der Waals surface area contributed by atoms with Crippen LogP contribution in [0.4, 0.5) is 17.5 Å². The van der Waals surface area contributed by atoms with Crippen LogP contribution in [0.5, 0.6) is 11.5 Å². The largest absolute Gasteiger partial charge is 0.486 e. The molecule has 0 spiro atoms. The average Bonchev–Trinajstić information content (AvgIpc) is 2.96. The number of aryl methyl sites for hydroxylation is 1. The first-order chi connectivity index (χ1) is 13.2. The summed E-state index contributed by atoms with van der Waals surface area (Å²) < 4.78 is 11.8. The van der Waals surface area contributed by atoms with Crippen molar-refractivity contribution in [1.82, 2.24) is 15.3 Å². The molecule has 0 fully saturated rings. The van der Waals surface area contributed by atoms with Gasteiger partial charge in [-0.25, -0.2) is 4.98 Å². The second kappa shape index (κ2) is 7.84. The van der Waals surface area contributed by atoms with E-state index in [0.29, 0.717) is 19.2 Å². The van der Waals surface area contributed by atoms with Crippen LogP contribution in [-0.4, -0.2) is 43.3 Å². The number of fused-ring (bicyclic) bond motifs is 1. The zero-order valence-electron chi connectivity index (χ0n) is 15.8.